The van der Waals surface area contributed by atoms with Crippen LogP contribution < -0.4 is 0 Å². The summed E-state index contributed by atoms with van der Waals surface area (Å²) in [4.78, 5) is 22.7. The van der Waals surface area contributed by atoms with Gasteiger partial charge in [-0.05, 0) is 0 Å². The quantitative estimate of drug-likeness (QED) is 0.605. The summed E-state index contributed by atoms with van der Waals surface area (Å²) in [6, 6.07) is 0. The van der Waals surface area contributed by atoms with Crippen molar-refractivity contribution in [3.8, 4) is 0 Å². The maximum Gasteiger partial charge on any atom is 0.338 e. The van der Waals surface area contributed by atoms with Crippen molar-refractivity contribution in [1.29, 1.82) is 0 Å². The van der Waals surface area contributed by atoms with E-state index in [1.165, 1.54) is 28.3 Å². The summed E-state index contributed by atoms with van der Waals surface area (Å²) in [6.45, 7) is 1.44. The third-order valence-electron chi connectivity index (χ3n) is 2.19. The number of carbonyl (C=O) groups excluding carboxylic acids is 2. The SMILES string of the molecule is COC(=O)[C@@H]1OC(C)(OC)O[C@H]1C(=O)OC. The van der Waals surface area contributed by atoms with Crippen LogP contribution in [0.25, 0.3) is 0 Å². The molecule has 1 aliphatic heterocycles. The van der Waals surface area contributed by atoms with E-state index >= 15 is 0 Å². The molecule has 2 atom stereocenters. The molecule has 0 N–H and O–H groups in total. The Hall–Kier alpha value is -1.18. The van der Waals surface area contributed by atoms with E-state index in [2.05, 4.69) is 9.47 Å². The second-order valence-electron chi connectivity index (χ2n) is 3.19. The van der Waals surface area contributed by atoms with Crippen molar-refractivity contribution in [3.05, 3.63) is 0 Å². The van der Waals surface area contributed by atoms with E-state index in [1.807, 2.05) is 0 Å². The van der Waals surface area contributed by atoms with Crippen molar-refractivity contribution < 1.29 is 33.3 Å². The molecule has 92 valence electrons. The molecule has 1 saturated heterocycles. The second kappa shape index (κ2) is 4.77. The molecule has 0 aromatic heterocycles. The third-order valence-corrected chi connectivity index (χ3v) is 2.19. The molecule has 0 unspecified atom stereocenters. The summed E-state index contributed by atoms with van der Waals surface area (Å²) in [5.41, 5.74) is 0. The first-order chi connectivity index (χ1) is 7.47. The first-order valence-electron chi connectivity index (χ1n) is 4.54. The molecule has 16 heavy (non-hydrogen) atoms. The van der Waals surface area contributed by atoms with Gasteiger partial charge in [0.25, 0.3) is 5.97 Å². The summed E-state index contributed by atoms with van der Waals surface area (Å²) in [5.74, 6) is -2.91. The molecule has 0 aromatic rings. The van der Waals surface area contributed by atoms with Crippen LogP contribution in [0.4, 0.5) is 0 Å². The molecular formula is C9H14O7. The van der Waals surface area contributed by atoms with Crippen molar-refractivity contribution in [2.45, 2.75) is 25.1 Å². The fourth-order valence-electron chi connectivity index (χ4n) is 1.28. The van der Waals surface area contributed by atoms with Crippen LogP contribution in [-0.4, -0.2) is 51.4 Å². The molecule has 0 radical (unpaired) electrons. The predicted octanol–water partition coefficient (Wildman–Crippen LogP) is -0.564. The average molecular weight is 234 g/mol. The average Bonchev–Trinajstić information content (AvgIpc) is 2.66. The normalized spacial score (nSPS) is 27.5. The molecule has 0 aliphatic carbocycles. The maximum absolute atomic E-state index is 11.4. The van der Waals surface area contributed by atoms with Crippen LogP contribution in [0.1, 0.15) is 6.92 Å². The summed E-state index contributed by atoms with van der Waals surface area (Å²) in [6.07, 6.45) is -2.38. The molecule has 0 amide bonds. The fraction of sp³-hybridized carbons (Fsp3) is 0.778. The highest BCUT2D eigenvalue weighted by Crippen LogP contribution is 2.30. The van der Waals surface area contributed by atoms with E-state index in [-0.39, 0.29) is 0 Å². The Kier molecular flexibility index (Phi) is 3.84. The highest BCUT2D eigenvalue weighted by Gasteiger charge is 2.53. The van der Waals surface area contributed by atoms with Gasteiger partial charge in [-0.25, -0.2) is 9.59 Å². The minimum Gasteiger partial charge on any atom is -0.467 e. The number of hydrogen-bond acceptors (Lipinski definition) is 7. The Balaban J connectivity index is 2.87. The molecule has 1 heterocycles. The van der Waals surface area contributed by atoms with Gasteiger partial charge in [0.05, 0.1) is 14.2 Å². The van der Waals surface area contributed by atoms with Gasteiger partial charge in [-0.2, -0.15) is 0 Å². The largest absolute Gasteiger partial charge is 0.467 e. The molecule has 7 heteroatoms. The lowest BCUT2D eigenvalue weighted by atomic mass is 10.2. The second-order valence-corrected chi connectivity index (χ2v) is 3.19. The van der Waals surface area contributed by atoms with Crippen LogP contribution in [0.3, 0.4) is 0 Å². The Labute approximate surface area is 92.5 Å². The van der Waals surface area contributed by atoms with Crippen molar-refractivity contribution in [2.75, 3.05) is 21.3 Å². The smallest absolute Gasteiger partial charge is 0.338 e. The summed E-state index contributed by atoms with van der Waals surface area (Å²) in [7, 11) is 3.69. The number of ether oxygens (including phenoxy) is 5. The van der Waals surface area contributed by atoms with Gasteiger partial charge < -0.3 is 23.7 Å². The topological polar surface area (TPSA) is 80.3 Å². The van der Waals surface area contributed by atoms with Gasteiger partial charge >= 0.3 is 11.9 Å². The van der Waals surface area contributed by atoms with Crippen molar-refractivity contribution in [1.82, 2.24) is 0 Å². The van der Waals surface area contributed by atoms with E-state index in [9.17, 15) is 9.59 Å². The van der Waals surface area contributed by atoms with Gasteiger partial charge in [-0.3, -0.25) is 0 Å². The predicted molar refractivity (Wildman–Crippen MR) is 49.2 cm³/mol. The lowest BCUT2D eigenvalue weighted by Crippen LogP contribution is -2.38. The first-order valence-corrected chi connectivity index (χ1v) is 4.54. The molecular weight excluding hydrogens is 220 g/mol. The van der Waals surface area contributed by atoms with E-state index in [0.29, 0.717) is 0 Å². The summed E-state index contributed by atoms with van der Waals surface area (Å²) < 4.78 is 24.2. The van der Waals surface area contributed by atoms with Gasteiger partial charge in [0.2, 0.25) is 0 Å². The Morgan fingerprint density at radius 1 is 1.00 bits per heavy atom. The van der Waals surface area contributed by atoms with Gasteiger partial charge in [0.1, 0.15) is 0 Å². The number of methoxy groups -OCH3 is 3. The van der Waals surface area contributed by atoms with E-state index in [4.69, 9.17) is 14.2 Å². The lowest BCUT2D eigenvalue weighted by Gasteiger charge is -2.19. The summed E-state index contributed by atoms with van der Waals surface area (Å²) in [5, 5.41) is 0. The molecule has 1 fully saturated rings. The van der Waals surface area contributed by atoms with E-state index in [0.717, 1.165) is 0 Å². The Bertz CT molecular complexity index is 264. The maximum atomic E-state index is 11.4. The molecule has 0 bridgehead atoms. The standard InChI is InChI=1S/C9H14O7/c1-9(14-4)15-5(7(10)12-2)6(16-9)8(11)13-3/h5-6H,1-4H3/t5-,6-/m1/s1. The minimum atomic E-state index is -1.46. The highest BCUT2D eigenvalue weighted by molar-refractivity contribution is 5.86. The van der Waals surface area contributed by atoms with Crippen LogP contribution in [0, 0.1) is 0 Å². The van der Waals surface area contributed by atoms with Crippen LogP contribution in [0.15, 0.2) is 0 Å². The lowest BCUT2D eigenvalue weighted by molar-refractivity contribution is -0.317. The zero-order valence-corrected chi connectivity index (χ0v) is 9.51. The van der Waals surface area contributed by atoms with Crippen molar-refractivity contribution in [2.24, 2.45) is 0 Å². The van der Waals surface area contributed by atoms with Crippen LogP contribution >= 0.6 is 0 Å². The molecule has 1 rings (SSSR count). The van der Waals surface area contributed by atoms with Gasteiger partial charge in [0.15, 0.2) is 12.2 Å². The highest BCUT2D eigenvalue weighted by atomic mass is 16.9. The van der Waals surface area contributed by atoms with Gasteiger partial charge in [0, 0.05) is 14.0 Å². The number of rotatable bonds is 3. The zero-order valence-electron chi connectivity index (χ0n) is 9.51. The van der Waals surface area contributed by atoms with Crippen LogP contribution in [-0.2, 0) is 33.3 Å². The fourth-order valence-corrected chi connectivity index (χ4v) is 1.28. The molecule has 7 nitrogen and oxygen atoms in total. The monoisotopic (exact) mass is 234 g/mol. The molecule has 0 saturated carbocycles. The number of hydrogen-bond donors (Lipinski definition) is 0. The zero-order chi connectivity index (χ0) is 12.3. The molecule has 1 aliphatic rings. The van der Waals surface area contributed by atoms with Crippen molar-refractivity contribution in [3.63, 3.8) is 0 Å². The third kappa shape index (κ3) is 2.31. The molecule has 0 spiro atoms. The number of carbonyl (C=O) groups is 2. The van der Waals surface area contributed by atoms with E-state index in [1.54, 1.807) is 0 Å². The van der Waals surface area contributed by atoms with Crippen LogP contribution in [0.5, 0.6) is 0 Å². The number of esters is 2. The minimum absolute atomic E-state index is 0.726. The Morgan fingerprint density at radius 2 is 1.38 bits per heavy atom. The van der Waals surface area contributed by atoms with Gasteiger partial charge in [-0.15, -0.1) is 0 Å². The first kappa shape index (κ1) is 12.9. The van der Waals surface area contributed by atoms with Gasteiger partial charge in [-0.1, -0.05) is 0 Å². The van der Waals surface area contributed by atoms with Crippen molar-refractivity contribution >= 4 is 11.9 Å². The molecule has 0 aromatic carbocycles. The van der Waals surface area contributed by atoms with E-state index < -0.39 is 30.1 Å². The van der Waals surface area contributed by atoms with Crippen LogP contribution in [0.2, 0.25) is 0 Å². The Morgan fingerprint density at radius 3 is 1.62 bits per heavy atom. The summed E-state index contributed by atoms with van der Waals surface area (Å²) >= 11 is 0.